The molecule has 0 fully saturated rings. The van der Waals surface area contributed by atoms with Crippen molar-refractivity contribution in [3.8, 4) is 0 Å². The lowest BCUT2D eigenvalue weighted by molar-refractivity contribution is -0.117. The maximum Gasteiger partial charge on any atom is 0.225 e. The maximum absolute atomic E-state index is 11.5. The zero-order valence-electron chi connectivity index (χ0n) is 10.2. The number of amides is 2. The summed E-state index contributed by atoms with van der Waals surface area (Å²) >= 11 is 3.23. The Balaban J connectivity index is 2.14. The summed E-state index contributed by atoms with van der Waals surface area (Å²) in [7, 11) is 0. The van der Waals surface area contributed by atoms with Gasteiger partial charge < -0.3 is 10.2 Å². The number of benzene rings is 1. The highest BCUT2D eigenvalue weighted by Crippen LogP contribution is 2.30. The van der Waals surface area contributed by atoms with Gasteiger partial charge in [0.2, 0.25) is 11.8 Å². The predicted molar refractivity (Wildman–Crippen MR) is 75.2 cm³/mol. The van der Waals surface area contributed by atoms with Crippen LogP contribution in [0, 0.1) is 0 Å². The second-order valence-electron chi connectivity index (χ2n) is 4.25. The number of nitrogens with zero attached hydrogens (tertiary/aromatic N) is 1. The SMILES string of the molecule is CC(=O)N1CCc2cc(NC(=O)CCBr)ccc21. The van der Waals surface area contributed by atoms with E-state index in [4.69, 9.17) is 0 Å². The van der Waals surface area contributed by atoms with Crippen molar-refractivity contribution in [2.24, 2.45) is 0 Å². The van der Waals surface area contributed by atoms with Crippen LogP contribution in [-0.2, 0) is 16.0 Å². The zero-order chi connectivity index (χ0) is 13.1. The molecule has 0 atom stereocenters. The first-order chi connectivity index (χ1) is 8.61. The average Bonchev–Trinajstić information content (AvgIpc) is 2.72. The lowest BCUT2D eigenvalue weighted by Gasteiger charge is -2.15. The first-order valence-corrected chi connectivity index (χ1v) is 7.01. The summed E-state index contributed by atoms with van der Waals surface area (Å²) in [6.45, 7) is 2.30. The smallest absolute Gasteiger partial charge is 0.225 e. The minimum Gasteiger partial charge on any atom is -0.326 e. The van der Waals surface area contributed by atoms with E-state index in [1.165, 1.54) is 0 Å². The first-order valence-electron chi connectivity index (χ1n) is 5.88. The molecule has 0 unspecified atom stereocenters. The van der Waals surface area contributed by atoms with Gasteiger partial charge in [-0.05, 0) is 30.2 Å². The van der Waals surface area contributed by atoms with Gasteiger partial charge in [-0.1, -0.05) is 15.9 Å². The van der Waals surface area contributed by atoms with Crippen LogP contribution in [0.2, 0.25) is 0 Å². The van der Waals surface area contributed by atoms with Crippen LogP contribution in [0.15, 0.2) is 18.2 Å². The molecule has 18 heavy (non-hydrogen) atoms. The fourth-order valence-corrected chi connectivity index (χ4v) is 2.48. The van der Waals surface area contributed by atoms with E-state index in [-0.39, 0.29) is 11.8 Å². The number of hydrogen-bond donors (Lipinski definition) is 1. The number of anilines is 2. The molecular formula is C13H15BrN2O2. The van der Waals surface area contributed by atoms with E-state index in [9.17, 15) is 9.59 Å². The molecule has 4 nitrogen and oxygen atoms in total. The number of carbonyl (C=O) groups is 2. The largest absolute Gasteiger partial charge is 0.326 e. The molecule has 5 heteroatoms. The summed E-state index contributed by atoms with van der Waals surface area (Å²) in [5, 5.41) is 3.50. The number of nitrogens with one attached hydrogen (secondary N) is 1. The topological polar surface area (TPSA) is 49.4 Å². The van der Waals surface area contributed by atoms with Crippen molar-refractivity contribution in [2.75, 3.05) is 22.1 Å². The van der Waals surface area contributed by atoms with Crippen molar-refractivity contribution in [3.05, 3.63) is 23.8 Å². The minimum absolute atomic E-state index is 0.00625. The van der Waals surface area contributed by atoms with Gasteiger partial charge in [0.05, 0.1) is 0 Å². The van der Waals surface area contributed by atoms with E-state index in [0.29, 0.717) is 11.8 Å². The predicted octanol–water partition coefficient (Wildman–Crippen LogP) is 2.32. The fraction of sp³-hybridized carbons (Fsp3) is 0.385. The summed E-state index contributed by atoms with van der Waals surface area (Å²) in [6.07, 6.45) is 1.30. The van der Waals surface area contributed by atoms with Crippen LogP contribution >= 0.6 is 15.9 Å². The van der Waals surface area contributed by atoms with Crippen molar-refractivity contribution in [3.63, 3.8) is 0 Å². The molecule has 0 bridgehead atoms. The highest BCUT2D eigenvalue weighted by atomic mass is 79.9. The van der Waals surface area contributed by atoms with Gasteiger partial charge in [0.15, 0.2) is 0 Å². The van der Waals surface area contributed by atoms with Gasteiger partial charge in [-0.15, -0.1) is 0 Å². The van der Waals surface area contributed by atoms with Crippen LogP contribution in [0.25, 0.3) is 0 Å². The molecule has 1 aliphatic rings. The Morgan fingerprint density at radius 2 is 2.22 bits per heavy atom. The Morgan fingerprint density at radius 1 is 1.44 bits per heavy atom. The molecule has 2 amide bonds. The normalized spacial score (nSPS) is 13.3. The molecule has 0 saturated carbocycles. The molecule has 0 saturated heterocycles. The third kappa shape index (κ3) is 2.72. The number of alkyl halides is 1. The highest BCUT2D eigenvalue weighted by molar-refractivity contribution is 9.09. The third-order valence-electron chi connectivity index (χ3n) is 2.96. The van der Waals surface area contributed by atoms with Gasteiger partial charge >= 0.3 is 0 Å². The van der Waals surface area contributed by atoms with Crippen LogP contribution < -0.4 is 10.2 Å². The van der Waals surface area contributed by atoms with Gasteiger partial charge in [-0.2, -0.15) is 0 Å². The van der Waals surface area contributed by atoms with Gasteiger partial charge in [-0.3, -0.25) is 9.59 Å². The first kappa shape index (κ1) is 13.1. The Labute approximate surface area is 114 Å². The van der Waals surface area contributed by atoms with Gasteiger partial charge in [-0.25, -0.2) is 0 Å². The Kier molecular flexibility index (Phi) is 4.01. The van der Waals surface area contributed by atoms with Gasteiger partial charge in [0, 0.05) is 36.6 Å². The van der Waals surface area contributed by atoms with Crippen LogP contribution in [0.1, 0.15) is 18.9 Å². The van der Waals surface area contributed by atoms with Crippen LogP contribution in [-0.4, -0.2) is 23.7 Å². The lowest BCUT2D eigenvalue weighted by Crippen LogP contribution is -2.25. The molecule has 96 valence electrons. The molecule has 1 N–H and O–H groups in total. The number of rotatable bonds is 3. The molecular weight excluding hydrogens is 296 g/mol. The van der Waals surface area contributed by atoms with E-state index in [1.54, 1.807) is 11.8 Å². The van der Waals surface area contributed by atoms with Gasteiger partial charge in [0.1, 0.15) is 0 Å². The number of halogens is 1. The number of carbonyl (C=O) groups excluding carboxylic acids is 2. The monoisotopic (exact) mass is 310 g/mol. The van der Waals surface area contributed by atoms with Crippen molar-refractivity contribution >= 4 is 39.1 Å². The Hall–Kier alpha value is -1.36. The average molecular weight is 311 g/mol. The molecule has 0 aromatic heterocycles. The van der Waals surface area contributed by atoms with Crippen LogP contribution in [0.3, 0.4) is 0 Å². The Morgan fingerprint density at radius 3 is 2.89 bits per heavy atom. The Bertz CT molecular complexity index is 488. The van der Waals surface area contributed by atoms with Crippen molar-refractivity contribution in [1.82, 2.24) is 0 Å². The molecule has 1 aromatic carbocycles. The van der Waals surface area contributed by atoms with E-state index in [1.807, 2.05) is 18.2 Å². The van der Waals surface area contributed by atoms with Crippen molar-refractivity contribution in [2.45, 2.75) is 19.8 Å². The lowest BCUT2D eigenvalue weighted by atomic mass is 10.1. The minimum atomic E-state index is -0.00625. The highest BCUT2D eigenvalue weighted by Gasteiger charge is 2.22. The molecule has 1 aliphatic heterocycles. The molecule has 0 radical (unpaired) electrons. The van der Waals surface area contributed by atoms with E-state index in [2.05, 4.69) is 21.2 Å². The van der Waals surface area contributed by atoms with Crippen molar-refractivity contribution in [1.29, 1.82) is 0 Å². The number of fused-ring (bicyclic) bond motifs is 1. The number of hydrogen-bond acceptors (Lipinski definition) is 2. The summed E-state index contributed by atoms with van der Waals surface area (Å²) in [5.41, 5.74) is 2.87. The quantitative estimate of drug-likeness (QED) is 0.871. The maximum atomic E-state index is 11.5. The second kappa shape index (κ2) is 5.52. The third-order valence-corrected chi connectivity index (χ3v) is 3.36. The summed E-state index contributed by atoms with van der Waals surface area (Å²) in [5.74, 6) is 0.0538. The molecule has 2 rings (SSSR count). The fourth-order valence-electron chi connectivity index (χ4n) is 2.12. The summed E-state index contributed by atoms with van der Waals surface area (Å²) < 4.78 is 0. The van der Waals surface area contributed by atoms with Crippen molar-refractivity contribution < 1.29 is 9.59 Å². The van der Waals surface area contributed by atoms with E-state index >= 15 is 0 Å². The molecule has 1 heterocycles. The molecule has 0 spiro atoms. The van der Waals surface area contributed by atoms with Crippen LogP contribution in [0.5, 0.6) is 0 Å². The molecule has 0 aliphatic carbocycles. The van der Waals surface area contributed by atoms with Crippen LogP contribution in [0.4, 0.5) is 11.4 Å². The van der Waals surface area contributed by atoms with E-state index in [0.717, 1.165) is 29.9 Å². The zero-order valence-corrected chi connectivity index (χ0v) is 11.8. The molecule has 1 aromatic rings. The van der Waals surface area contributed by atoms with Gasteiger partial charge in [0.25, 0.3) is 0 Å². The second-order valence-corrected chi connectivity index (χ2v) is 5.04. The standard InChI is InChI=1S/C13H15BrN2O2/c1-9(17)16-7-5-10-8-11(2-3-12(10)16)15-13(18)4-6-14/h2-3,8H,4-7H2,1H3,(H,15,18). The van der Waals surface area contributed by atoms with E-state index < -0.39 is 0 Å². The summed E-state index contributed by atoms with van der Waals surface area (Å²) in [6, 6.07) is 5.68. The summed E-state index contributed by atoms with van der Waals surface area (Å²) in [4.78, 5) is 24.7.